The van der Waals surface area contributed by atoms with Crippen molar-refractivity contribution in [3.8, 4) is 0 Å². The fraction of sp³-hybridized carbons (Fsp3) is 0.450. The predicted octanol–water partition coefficient (Wildman–Crippen LogP) is 1.51. The molecule has 4 rings (SSSR count). The molecule has 0 bridgehead atoms. The lowest BCUT2D eigenvalue weighted by Gasteiger charge is -2.42. The normalized spacial score (nSPS) is 21.2. The van der Waals surface area contributed by atoms with Crippen LogP contribution in [0.25, 0.3) is 0 Å². The van der Waals surface area contributed by atoms with Crippen LogP contribution in [-0.2, 0) is 11.8 Å². The van der Waals surface area contributed by atoms with E-state index >= 15 is 0 Å². The van der Waals surface area contributed by atoms with E-state index in [-0.39, 0.29) is 23.7 Å². The van der Waals surface area contributed by atoms with E-state index in [1.165, 1.54) is 24.3 Å². The molecular weight excluding hydrogens is 361 g/mol. The Morgan fingerprint density at radius 1 is 1.11 bits per heavy atom. The average molecular weight is 385 g/mol. The summed E-state index contributed by atoms with van der Waals surface area (Å²) in [5.41, 5.74) is 1.33. The van der Waals surface area contributed by atoms with Crippen LogP contribution in [0.4, 0.5) is 10.1 Å². The predicted molar refractivity (Wildman–Crippen MR) is 102 cm³/mol. The Hall–Kier alpha value is -2.74. The summed E-state index contributed by atoms with van der Waals surface area (Å²) in [6.07, 6.45) is 5.36. The highest BCUT2D eigenvalue weighted by Crippen LogP contribution is 2.24. The van der Waals surface area contributed by atoms with E-state index in [4.69, 9.17) is 0 Å². The van der Waals surface area contributed by atoms with Crippen molar-refractivity contribution in [1.82, 2.24) is 19.6 Å². The third-order valence-corrected chi connectivity index (χ3v) is 5.55. The van der Waals surface area contributed by atoms with E-state index < -0.39 is 0 Å². The summed E-state index contributed by atoms with van der Waals surface area (Å²) < 4.78 is 14.8. The molecule has 2 saturated heterocycles. The number of hydrogen-bond acceptors (Lipinski definition) is 4. The Labute approximate surface area is 163 Å². The molecule has 3 heterocycles. The number of carbonyl (C=O) groups excluding carboxylic acids is 2. The summed E-state index contributed by atoms with van der Waals surface area (Å²) in [6, 6.07) is 5.48. The number of nitrogens with zero attached hydrogens (tertiary/aromatic N) is 5. The monoisotopic (exact) mass is 385 g/mol. The molecule has 8 heteroatoms. The van der Waals surface area contributed by atoms with E-state index in [1.54, 1.807) is 15.8 Å². The number of halogens is 1. The third kappa shape index (κ3) is 3.64. The highest BCUT2D eigenvalue weighted by molar-refractivity contribution is 5.98. The third-order valence-electron chi connectivity index (χ3n) is 5.55. The number of aryl methyl sites for hydroxylation is 1. The molecule has 2 aliphatic rings. The number of aromatic nitrogens is 2. The first-order valence-electron chi connectivity index (χ1n) is 9.62. The number of carbonyl (C=O) groups is 2. The maximum absolute atomic E-state index is 13.1. The van der Waals surface area contributed by atoms with Crippen LogP contribution in [0.3, 0.4) is 0 Å². The van der Waals surface area contributed by atoms with E-state index in [2.05, 4.69) is 10.00 Å². The zero-order chi connectivity index (χ0) is 19.7. The average Bonchev–Trinajstić information content (AvgIpc) is 3.14. The molecule has 2 aliphatic heterocycles. The summed E-state index contributed by atoms with van der Waals surface area (Å²) in [4.78, 5) is 31.4. The Morgan fingerprint density at radius 2 is 1.82 bits per heavy atom. The lowest BCUT2D eigenvalue weighted by atomic mass is 10.0. The lowest BCUT2D eigenvalue weighted by Crippen LogP contribution is -2.58. The SMILES string of the molecule is Cn1cc(N2CCC[C@H](N3CCN(C(=O)c4ccc(F)cc4)CC3)C2=O)cn1. The topological polar surface area (TPSA) is 61.7 Å². The molecule has 28 heavy (non-hydrogen) atoms. The van der Waals surface area contributed by atoms with Gasteiger partial charge in [-0.3, -0.25) is 19.2 Å². The summed E-state index contributed by atoms with van der Waals surface area (Å²) >= 11 is 0. The second kappa shape index (κ2) is 7.71. The molecule has 1 atom stereocenters. The first kappa shape index (κ1) is 18.6. The second-order valence-corrected chi connectivity index (χ2v) is 7.36. The number of piperidine rings is 1. The van der Waals surface area contributed by atoms with Gasteiger partial charge in [-0.15, -0.1) is 0 Å². The van der Waals surface area contributed by atoms with Gasteiger partial charge in [0.2, 0.25) is 5.91 Å². The largest absolute Gasteiger partial charge is 0.336 e. The van der Waals surface area contributed by atoms with Crippen LogP contribution in [0.2, 0.25) is 0 Å². The van der Waals surface area contributed by atoms with Gasteiger partial charge in [0, 0.05) is 51.5 Å². The van der Waals surface area contributed by atoms with Crippen LogP contribution in [0, 0.1) is 5.82 Å². The highest BCUT2D eigenvalue weighted by Gasteiger charge is 2.36. The zero-order valence-electron chi connectivity index (χ0n) is 15.9. The van der Waals surface area contributed by atoms with Crippen molar-refractivity contribution in [3.05, 3.63) is 48.0 Å². The van der Waals surface area contributed by atoms with Crippen molar-refractivity contribution in [3.63, 3.8) is 0 Å². The maximum atomic E-state index is 13.1. The van der Waals surface area contributed by atoms with Crippen molar-refractivity contribution >= 4 is 17.5 Å². The van der Waals surface area contributed by atoms with Crippen molar-refractivity contribution in [2.45, 2.75) is 18.9 Å². The molecule has 1 aromatic heterocycles. The Bertz CT molecular complexity index is 858. The van der Waals surface area contributed by atoms with Gasteiger partial charge >= 0.3 is 0 Å². The molecular formula is C20H24FN5O2. The minimum absolute atomic E-state index is 0.0911. The van der Waals surface area contributed by atoms with Crippen LogP contribution < -0.4 is 4.90 Å². The van der Waals surface area contributed by atoms with Gasteiger partial charge in [-0.25, -0.2) is 4.39 Å². The molecule has 2 fully saturated rings. The van der Waals surface area contributed by atoms with Gasteiger partial charge in [0.15, 0.2) is 0 Å². The molecule has 0 spiro atoms. The standard InChI is InChI=1S/C20H24FN5O2/c1-23-14-17(13-22-23)26-8-2-3-18(20(26)28)24-9-11-25(12-10-24)19(27)15-4-6-16(21)7-5-15/h4-7,13-14,18H,2-3,8-12H2,1H3/t18-/m0/s1. The smallest absolute Gasteiger partial charge is 0.253 e. The van der Waals surface area contributed by atoms with Gasteiger partial charge in [-0.1, -0.05) is 0 Å². The van der Waals surface area contributed by atoms with E-state index in [0.717, 1.165) is 18.5 Å². The summed E-state index contributed by atoms with van der Waals surface area (Å²) in [6.45, 7) is 3.15. The van der Waals surface area contributed by atoms with Crippen molar-refractivity contribution in [1.29, 1.82) is 0 Å². The minimum Gasteiger partial charge on any atom is -0.336 e. The van der Waals surface area contributed by atoms with Gasteiger partial charge in [-0.05, 0) is 37.1 Å². The number of benzene rings is 1. The van der Waals surface area contributed by atoms with E-state index in [0.29, 0.717) is 38.3 Å². The molecule has 2 aromatic rings. The van der Waals surface area contributed by atoms with E-state index in [9.17, 15) is 14.0 Å². The van der Waals surface area contributed by atoms with Gasteiger partial charge in [0.1, 0.15) is 5.82 Å². The molecule has 148 valence electrons. The first-order valence-corrected chi connectivity index (χ1v) is 9.62. The lowest BCUT2D eigenvalue weighted by molar-refractivity contribution is -0.126. The Balaban J connectivity index is 1.38. The molecule has 0 N–H and O–H groups in total. The van der Waals surface area contributed by atoms with Gasteiger partial charge in [-0.2, -0.15) is 5.10 Å². The molecule has 0 saturated carbocycles. The minimum atomic E-state index is -0.352. The first-order chi connectivity index (χ1) is 13.5. The van der Waals surface area contributed by atoms with E-state index in [1.807, 2.05) is 18.1 Å². The number of hydrogen-bond donors (Lipinski definition) is 0. The van der Waals surface area contributed by atoms with Gasteiger partial charge in [0.05, 0.1) is 17.9 Å². The quantitative estimate of drug-likeness (QED) is 0.804. The zero-order valence-corrected chi connectivity index (χ0v) is 15.9. The second-order valence-electron chi connectivity index (χ2n) is 7.36. The van der Waals surface area contributed by atoms with Crippen molar-refractivity contribution < 1.29 is 14.0 Å². The van der Waals surface area contributed by atoms with Crippen molar-refractivity contribution in [2.24, 2.45) is 7.05 Å². The molecule has 7 nitrogen and oxygen atoms in total. The number of anilines is 1. The van der Waals surface area contributed by atoms with Crippen LogP contribution in [0.15, 0.2) is 36.7 Å². The van der Waals surface area contributed by atoms with Crippen LogP contribution in [0.5, 0.6) is 0 Å². The van der Waals surface area contributed by atoms with Gasteiger partial charge < -0.3 is 9.80 Å². The summed E-state index contributed by atoms with van der Waals surface area (Å²) in [7, 11) is 1.84. The molecule has 0 aliphatic carbocycles. The molecule has 0 unspecified atom stereocenters. The Morgan fingerprint density at radius 3 is 2.46 bits per heavy atom. The molecule has 2 amide bonds. The maximum Gasteiger partial charge on any atom is 0.253 e. The fourth-order valence-corrected chi connectivity index (χ4v) is 4.01. The summed E-state index contributed by atoms with van der Waals surface area (Å²) in [5, 5.41) is 4.17. The van der Waals surface area contributed by atoms with Crippen LogP contribution >= 0.6 is 0 Å². The number of amides is 2. The highest BCUT2D eigenvalue weighted by atomic mass is 19.1. The number of rotatable bonds is 3. The number of piperazine rings is 1. The fourth-order valence-electron chi connectivity index (χ4n) is 4.01. The van der Waals surface area contributed by atoms with Crippen molar-refractivity contribution in [2.75, 3.05) is 37.6 Å². The Kier molecular flexibility index (Phi) is 5.13. The van der Waals surface area contributed by atoms with Crippen LogP contribution in [0.1, 0.15) is 23.2 Å². The summed E-state index contributed by atoms with van der Waals surface area (Å²) in [5.74, 6) is -0.334. The molecule has 0 radical (unpaired) electrons. The van der Waals surface area contributed by atoms with Gasteiger partial charge in [0.25, 0.3) is 5.91 Å². The van der Waals surface area contributed by atoms with Crippen LogP contribution in [-0.4, -0.2) is 70.2 Å². The molecule has 1 aromatic carbocycles.